The highest BCUT2D eigenvalue weighted by Crippen LogP contribution is 2.27. The van der Waals surface area contributed by atoms with Gasteiger partial charge in [-0.25, -0.2) is 8.42 Å². The van der Waals surface area contributed by atoms with Crippen LogP contribution in [0.15, 0.2) is 18.2 Å². The molecule has 0 atom stereocenters. The van der Waals surface area contributed by atoms with Crippen molar-refractivity contribution in [1.29, 1.82) is 0 Å². The number of benzene rings is 1. The van der Waals surface area contributed by atoms with Gasteiger partial charge in [-0.15, -0.1) is 12.4 Å². The molecular formula is C14H22ClN3O3S. The molecule has 0 bridgehead atoms. The molecule has 0 unspecified atom stereocenters. The number of anilines is 2. The predicted molar refractivity (Wildman–Crippen MR) is 91.1 cm³/mol. The molecule has 1 aliphatic carbocycles. The molecule has 1 aromatic carbocycles. The Balaban J connectivity index is 0.00000242. The van der Waals surface area contributed by atoms with Gasteiger partial charge in [0.25, 0.3) is 0 Å². The molecule has 0 saturated heterocycles. The first kappa shape index (κ1) is 18.7. The van der Waals surface area contributed by atoms with Crippen LogP contribution in [0.25, 0.3) is 0 Å². The van der Waals surface area contributed by atoms with Crippen molar-refractivity contribution in [2.45, 2.75) is 19.8 Å². The molecule has 0 radical (unpaired) electrons. The monoisotopic (exact) mass is 347 g/mol. The summed E-state index contributed by atoms with van der Waals surface area (Å²) in [5.41, 5.74) is 1.78. The third-order valence-corrected chi connectivity index (χ3v) is 3.75. The fourth-order valence-electron chi connectivity index (χ4n) is 1.96. The average Bonchev–Trinajstić information content (AvgIpc) is 3.15. The number of nitrogens with one attached hydrogen (secondary N) is 3. The van der Waals surface area contributed by atoms with Crippen LogP contribution in [0, 0.1) is 12.8 Å². The quantitative estimate of drug-likeness (QED) is 0.701. The summed E-state index contributed by atoms with van der Waals surface area (Å²) in [6, 6.07) is 5.17. The molecule has 0 aromatic heterocycles. The zero-order chi connectivity index (χ0) is 15.5. The molecule has 0 spiro atoms. The van der Waals surface area contributed by atoms with Crippen LogP contribution in [-0.2, 0) is 14.8 Å². The van der Waals surface area contributed by atoms with Gasteiger partial charge in [-0.2, -0.15) is 0 Å². The number of aryl methyl sites for hydroxylation is 1. The van der Waals surface area contributed by atoms with E-state index in [0.717, 1.165) is 18.4 Å². The molecule has 3 N–H and O–H groups in total. The normalized spacial score (nSPS) is 14.1. The van der Waals surface area contributed by atoms with Gasteiger partial charge in [-0.1, -0.05) is 6.07 Å². The van der Waals surface area contributed by atoms with E-state index in [1.54, 1.807) is 18.2 Å². The Bertz CT molecular complexity index is 630. The van der Waals surface area contributed by atoms with E-state index >= 15 is 0 Å². The number of hydrogen-bond donors (Lipinski definition) is 3. The van der Waals surface area contributed by atoms with Gasteiger partial charge in [0.1, 0.15) is 0 Å². The molecule has 1 aromatic rings. The molecule has 0 aliphatic heterocycles. The van der Waals surface area contributed by atoms with E-state index in [9.17, 15) is 13.2 Å². The molecule has 6 nitrogen and oxygen atoms in total. The van der Waals surface area contributed by atoms with Crippen LogP contribution in [0.2, 0.25) is 0 Å². The first-order valence-corrected chi connectivity index (χ1v) is 8.81. The zero-order valence-corrected chi connectivity index (χ0v) is 14.3. The summed E-state index contributed by atoms with van der Waals surface area (Å²) in [6.45, 7) is 2.96. The van der Waals surface area contributed by atoms with E-state index in [1.165, 1.54) is 12.8 Å². The van der Waals surface area contributed by atoms with Crippen molar-refractivity contribution in [2.75, 3.05) is 29.4 Å². The van der Waals surface area contributed by atoms with Gasteiger partial charge < -0.3 is 10.6 Å². The number of halogens is 1. The highest BCUT2D eigenvalue weighted by Gasteiger charge is 2.20. The first-order valence-electron chi connectivity index (χ1n) is 6.92. The summed E-state index contributed by atoms with van der Waals surface area (Å²) in [5.74, 6) is 0.525. The molecule has 2 rings (SSSR count). The predicted octanol–water partition coefficient (Wildman–Crippen LogP) is 1.73. The second-order valence-corrected chi connectivity index (χ2v) is 7.29. The maximum atomic E-state index is 11.9. The van der Waals surface area contributed by atoms with Crippen LogP contribution in [0.4, 0.5) is 11.4 Å². The second kappa shape index (κ2) is 7.80. The second-order valence-electron chi connectivity index (χ2n) is 5.55. The lowest BCUT2D eigenvalue weighted by molar-refractivity contribution is -0.115. The molecule has 0 heterocycles. The van der Waals surface area contributed by atoms with Crippen LogP contribution < -0.4 is 15.4 Å². The van der Waals surface area contributed by atoms with Gasteiger partial charge in [0.15, 0.2) is 0 Å². The van der Waals surface area contributed by atoms with Gasteiger partial charge in [-0.3, -0.25) is 9.52 Å². The maximum Gasteiger partial charge on any atom is 0.238 e. The SMILES string of the molecule is Cc1ccc(NS(C)(=O)=O)c(NC(=O)CNCC2CC2)c1.Cl. The van der Waals surface area contributed by atoms with Crippen molar-refractivity contribution in [3.63, 3.8) is 0 Å². The molecule has 124 valence electrons. The maximum absolute atomic E-state index is 11.9. The summed E-state index contributed by atoms with van der Waals surface area (Å²) in [4.78, 5) is 11.9. The van der Waals surface area contributed by atoms with Crippen molar-refractivity contribution in [3.05, 3.63) is 23.8 Å². The van der Waals surface area contributed by atoms with Crippen molar-refractivity contribution >= 4 is 39.7 Å². The highest BCUT2D eigenvalue weighted by molar-refractivity contribution is 7.92. The number of rotatable bonds is 7. The fourth-order valence-corrected chi connectivity index (χ4v) is 2.53. The van der Waals surface area contributed by atoms with Gasteiger partial charge in [0, 0.05) is 0 Å². The number of sulfonamides is 1. The lowest BCUT2D eigenvalue weighted by Gasteiger charge is -2.13. The lowest BCUT2D eigenvalue weighted by Crippen LogP contribution is -2.29. The molecule has 22 heavy (non-hydrogen) atoms. The van der Waals surface area contributed by atoms with Crippen LogP contribution in [0.5, 0.6) is 0 Å². The summed E-state index contributed by atoms with van der Waals surface area (Å²) < 4.78 is 25.1. The largest absolute Gasteiger partial charge is 0.323 e. The van der Waals surface area contributed by atoms with E-state index in [1.807, 2.05) is 6.92 Å². The Morgan fingerprint density at radius 3 is 2.55 bits per heavy atom. The first-order chi connectivity index (χ1) is 9.83. The van der Waals surface area contributed by atoms with Gasteiger partial charge in [0.05, 0.1) is 24.2 Å². The van der Waals surface area contributed by atoms with E-state index < -0.39 is 10.0 Å². The minimum Gasteiger partial charge on any atom is -0.323 e. The van der Waals surface area contributed by atoms with E-state index in [0.29, 0.717) is 17.3 Å². The van der Waals surface area contributed by atoms with Crippen LogP contribution in [0.1, 0.15) is 18.4 Å². The van der Waals surface area contributed by atoms with E-state index in [2.05, 4.69) is 15.4 Å². The molecule has 1 fully saturated rings. The summed E-state index contributed by atoms with van der Waals surface area (Å²) in [7, 11) is -3.39. The Kier molecular flexibility index (Phi) is 6.65. The van der Waals surface area contributed by atoms with Gasteiger partial charge in [0.2, 0.25) is 15.9 Å². The molecule has 1 amide bonds. The lowest BCUT2D eigenvalue weighted by atomic mass is 10.2. The van der Waals surface area contributed by atoms with Crippen molar-refractivity contribution in [2.24, 2.45) is 5.92 Å². The molecule has 1 saturated carbocycles. The Morgan fingerprint density at radius 2 is 1.95 bits per heavy atom. The number of carbonyl (C=O) groups is 1. The summed E-state index contributed by atoms with van der Waals surface area (Å²) >= 11 is 0. The van der Waals surface area contributed by atoms with Crippen molar-refractivity contribution in [1.82, 2.24) is 5.32 Å². The van der Waals surface area contributed by atoms with Gasteiger partial charge in [-0.05, 0) is 49.9 Å². The standard InChI is InChI=1S/C14H21N3O3S.ClH/c1-10-3-6-12(17-21(2,19)20)13(7-10)16-14(18)9-15-8-11-4-5-11;/h3,6-7,11,15,17H,4-5,8-9H2,1-2H3,(H,16,18);1H. The fraction of sp³-hybridized carbons (Fsp3) is 0.500. The van der Waals surface area contributed by atoms with Crippen molar-refractivity contribution in [3.8, 4) is 0 Å². The Hall–Kier alpha value is -1.31. The summed E-state index contributed by atoms with van der Waals surface area (Å²) in [6.07, 6.45) is 3.54. The van der Waals surface area contributed by atoms with Crippen molar-refractivity contribution < 1.29 is 13.2 Å². The Morgan fingerprint density at radius 1 is 1.27 bits per heavy atom. The molecular weight excluding hydrogens is 326 g/mol. The number of amides is 1. The minimum atomic E-state index is -3.39. The highest BCUT2D eigenvalue weighted by atomic mass is 35.5. The molecule has 8 heteroatoms. The Labute approximate surface area is 137 Å². The van der Waals surface area contributed by atoms with Crippen LogP contribution in [0.3, 0.4) is 0 Å². The topological polar surface area (TPSA) is 87.3 Å². The molecule has 1 aliphatic rings. The number of carbonyl (C=O) groups excluding carboxylic acids is 1. The van der Waals surface area contributed by atoms with E-state index in [4.69, 9.17) is 0 Å². The van der Waals surface area contributed by atoms with Crippen LogP contribution >= 0.6 is 12.4 Å². The third-order valence-electron chi connectivity index (χ3n) is 3.16. The average molecular weight is 348 g/mol. The van der Waals surface area contributed by atoms with E-state index in [-0.39, 0.29) is 24.9 Å². The zero-order valence-electron chi connectivity index (χ0n) is 12.7. The summed E-state index contributed by atoms with van der Waals surface area (Å²) in [5, 5.41) is 5.84. The number of hydrogen-bond acceptors (Lipinski definition) is 4. The van der Waals surface area contributed by atoms with Crippen LogP contribution in [-0.4, -0.2) is 33.7 Å². The third kappa shape index (κ3) is 6.64. The van der Waals surface area contributed by atoms with Gasteiger partial charge >= 0.3 is 0 Å². The minimum absolute atomic E-state index is 0. The smallest absolute Gasteiger partial charge is 0.238 e.